The van der Waals surface area contributed by atoms with Crippen LogP contribution in [-0.4, -0.2) is 41.6 Å². The molecule has 0 bridgehead atoms. The van der Waals surface area contributed by atoms with Crippen molar-refractivity contribution >= 4 is 5.96 Å². The molecule has 3 nitrogen and oxygen atoms in total. The Labute approximate surface area is 86.6 Å². The molecule has 0 saturated carbocycles. The highest BCUT2D eigenvalue weighted by Gasteiger charge is 2.21. The fraction of sp³-hybridized carbons (Fsp3) is 0.909. The topological polar surface area (TPSA) is 32.3 Å². The van der Waals surface area contributed by atoms with Gasteiger partial charge in [0.15, 0.2) is 0 Å². The summed E-state index contributed by atoms with van der Waals surface area (Å²) in [6.45, 7) is 4.68. The van der Waals surface area contributed by atoms with E-state index in [2.05, 4.69) is 9.48 Å². The van der Waals surface area contributed by atoms with E-state index in [1.165, 1.54) is 64.7 Å². The first-order valence-corrected chi connectivity index (χ1v) is 6.00. The van der Waals surface area contributed by atoms with Gasteiger partial charge in [-0.25, -0.2) is 0 Å². The molecule has 3 heteroatoms. The number of hydrogen-bond donors (Lipinski definition) is 1. The summed E-state index contributed by atoms with van der Waals surface area (Å²) in [5, 5.41) is 0. The van der Waals surface area contributed by atoms with Crippen molar-refractivity contribution < 1.29 is 4.58 Å². The third-order valence-electron chi connectivity index (χ3n) is 3.36. The fourth-order valence-corrected chi connectivity index (χ4v) is 2.45. The summed E-state index contributed by atoms with van der Waals surface area (Å²) in [4.78, 5) is 2.37. The molecule has 0 atom stereocenters. The molecule has 0 radical (unpaired) electrons. The lowest BCUT2D eigenvalue weighted by Crippen LogP contribution is -2.47. The van der Waals surface area contributed by atoms with Gasteiger partial charge in [-0.05, 0) is 38.5 Å². The SMILES string of the molecule is NC(N1CCCCC1)=[N+]1CCCCC1. The molecule has 2 N–H and O–H groups in total. The maximum Gasteiger partial charge on any atom is 0.345 e. The van der Waals surface area contributed by atoms with E-state index in [9.17, 15) is 0 Å². The van der Waals surface area contributed by atoms with Crippen LogP contribution in [0.5, 0.6) is 0 Å². The number of nitrogens with zero attached hydrogens (tertiary/aromatic N) is 2. The van der Waals surface area contributed by atoms with E-state index >= 15 is 0 Å². The summed E-state index contributed by atoms with van der Waals surface area (Å²) >= 11 is 0. The van der Waals surface area contributed by atoms with Crippen LogP contribution in [0, 0.1) is 0 Å². The van der Waals surface area contributed by atoms with Crippen LogP contribution in [0.4, 0.5) is 0 Å². The van der Waals surface area contributed by atoms with Gasteiger partial charge in [0.25, 0.3) is 0 Å². The third kappa shape index (κ3) is 2.20. The molecule has 2 rings (SSSR count). The Kier molecular flexibility index (Phi) is 3.27. The van der Waals surface area contributed by atoms with Gasteiger partial charge in [0, 0.05) is 0 Å². The molecule has 0 amide bonds. The molecule has 14 heavy (non-hydrogen) atoms. The van der Waals surface area contributed by atoms with Crippen LogP contribution in [0.3, 0.4) is 0 Å². The summed E-state index contributed by atoms with van der Waals surface area (Å²) in [5.74, 6) is 1.05. The zero-order valence-corrected chi connectivity index (χ0v) is 9.04. The van der Waals surface area contributed by atoms with E-state index in [4.69, 9.17) is 5.73 Å². The van der Waals surface area contributed by atoms with Crippen LogP contribution in [-0.2, 0) is 0 Å². The second-order valence-corrected chi connectivity index (χ2v) is 4.45. The highest BCUT2D eigenvalue weighted by Crippen LogP contribution is 2.10. The summed E-state index contributed by atoms with van der Waals surface area (Å²) < 4.78 is 2.37. The quantitative estimate of drug-likeness (QED) is 0.463. The molecular formula is C11H22N3+. The maximum absolute atomic E-state index is 6.19. The minimum Gasteiger partial charge on any atom is -0.291 e. The van der Waals surface area contributed by atoms with Gasteiger partial charge in [-0.15, -0.1) is 0 Å². The molecule has 2 saturated heterocycles. The van der Waals surface area contributed by atoms with Gasteiger partial charge in [-0.1, -0.05) is 0 Å². The Hall–Kier alpha value is -0.730. The predicted molar refractivity (Wildman–Crippen MR) is 58.5 cm³/mol. The molecule has 0 aromatic carbocycles. The van der Waals surface area contributed by atoms with E-state index < -0.39 is 0 Å². The van der Waals surface area contributed by atoms with E-state index in [1.807, 2.05) is 0 Å². The zero-order chi connectivity index (χ0) is 9.80. The van der Waals surface area contributed by atoms with Crippen molar-refractivity contribution in [2.24, 2.45) is 5.73 Å². The summed E-state index contributed by atoms with van der Waals surface area (Å²) in [7, 11) is 0. The lowest BCUT2D eigenvalue weighted by Gasteiger charge is -2.25. The van der Waals surface area contributed by atoms with Crippen LogP contribution < -0.4 is 5.73 Å². The molecule has 0 aliphatic carbocycles. The Morgan fingerprint density at radius 2 is 1.43 bits per heavy atom. The molecule has 80 valence electrons. The number of rotatable bonds is 0. The van der Waals surface area contributed by atoms with E-state index in [1.54, 1.807) is 0 Å². The summed E-state index contributed by atoms with van der Waals surface area (Å²) in [6, 6.07) is 0. The monoisotopic (exact) mass is 196 g/mol. The molecule has 2 aliphatic heterocycles. The number of hydrogen-bond acceptors (Lipinski definition) is 0. The molecule has 0 spiro atoms. The van der Waals surface area contributed by atoms with Crippen LogP contribution in [0.15, 0.2) is 0 Å². The predicted octanol–water partition coefficient (Wildman–Crippen LogP) is 0.983. The Bertz CT molecular complexity index is 209. The van der Waals surface area contributed by atoms with Gasteiger partial charge in [-0.3, -0.25) is 15.2 Å². The highest BCUT2D eigenvalue weighted by molar-refractivity contribution is 5.73. The Balaban J connectivity index is 1.99. The van der Waals surface area contributed by atoms with Crippen LogP contribution in [0.25, 0.3) is 0 Å². The van der Waals surface area contributed by atoms with Crippen LogP contribution in [0.1, 0.15) is 38.5 Å². The lowest BCUT2D eigenvalue weighted by molar-refractivity contribution is -0.543. The highest BCUT2D eigenvalue weighted by atomic mass is 15.3. The minimum absolute atomic E-state index is 1.05. The number of likely N-dealkylation sites (tertiary alicyclic amines) is 1. The van der Waals surface area contributed by atoms with Gasteiger partial charge >= 0.3 is 5.96 Å². The molecule has 2 fully saturated rings. The minimum atomic E-state index is 1.05. The van der Waals surface area contributed by atoms with Gasteiger partial charge in [0.05, 0.1) is 26.2 Å². The second kappa shape index (κ2) is 4.67. The normalized spacial score (nSPS) is 23.7. The van der Waals surface area contributed by atoms with E-state index in [-0.39, 0.29) is 0 Å². The standard InChI is InChI=1S/C11H21N3/c12-11(13-7-3-1-4-8-13)14-9-5-2-6-10-14/h12H,1-10H2/p+1. The van der Waals surface area contributed by atoms with Gasteiger partial charge < -0.3 is 0 Å². The average Bonchev–Trinajstić information content (AvgIpc) is 2.30. The third-order valence-corrected chi connectivity index (χ3v) is 3.36. The van der Waals surface area contributed by atoms with Crippen molar-refractivity contribution in [2.45, 2.75) is 38.5 Å². The molecule has 2 heterocycles. The van der Waals surface area contributed by atoms with Crippen molar-refractivity contribution in [2.75, 3.05) is 26.2 Å². The van der Waals surface area contributed by atoms with E-state index in [0.29, 0.717) is 0 Å². The first-order chi connectivity index (χ1) is 6.88. The maximum atomic E-state index is 6.19. The van der Waals surface area contributed by atoms with Crippen molar-refractivity contribution in [3.05, 3.63) is 0 Å². The molecule has 0 aromatic rings. The van der Waals surface area contributed by atoms with Crippen molar-refractivity contribution in [1.29, 1.82) is 0 Å². The Morgan fingerprint density at radius 3 is 2.07 bits per heavy atom. The molecule has 2 aliphatic rings. The van der Waals surface area contributed by atoms with E-state index in [0.717, 1.165) is 5.96 Å². The average molecular weight is 196 g/mol. The van der Waals surface area contributed by atoms with Crippen LogP contribution in [0.2, 0.25) is 0 Å². The first-order valence-electron chi connectivity index (χ1n) is 6.00. The summed E-state index contributed by atoms with van der Waals surface area (Å²) in [6.07, 6.45) is 8.01. The number of guanidine groups is 1. The zero-order valence-electron chi connectivity index (χ0n) is 9.04. The fourth-order valence-electron chi connectivity index (χ4n) is 2.45. The van der Waals surface area contributed by atoms with Gasteiger partial charge in [0.2, 0.25) is 0 Å². The number of piperidine rings is 2. The smallest absolute Gasteiger partial charge is 0.291 e. The molecular weight excluding hydrogens is 174 g/mol. The largest absolute Gasteiger partial charge is 0.345 e. The lowest BCUT2D eigenvalue weighted by atomic mass is 10.1. The Morgan fingerprint density at radius 1 is 0.857 bits per heavy atom. The van der Waals surface area contributed by atoms with Crippen molar-refractivity contribution in [3.63, 3.8) is 0 Å². The molecule has 0 unspecified atom stereocenters. The second-order valence-electron chi connectivity index (χ2n) is 4.45. The first kappa shape index (κ1) is 9.81. The van der Waals surface area contributed by atoms with Crippen molar-refractivity contribution in [1.82, 2.24) is 4.90 Å². The summed E-state index contributed by atoms with van der Waals surface area (Å²) in [5.41, 5.74) is 6.19. The van der Waals surface area contributed by atoms with Gasteiger partial charge in [0.1, 0.15) is 0 Å². The van der Waals surface area contributed by atoms with Gasteiger partial charge in [-0.2, -0.15) is 0 Å². The van der Waals surface area contributed by atoms with Crippen LogP contribution >= 0.6 is 0 Å². The molecule has 0 aromatic heterocycles. The van der Waals surface area contributed by atoms with Crippen molar-refractivity contribution in [3.8, 4) is 0 Å². The number of nitrogens with two attached hydrogens (primary N) is 1.